The van der Waals surface area contributed by atoms with Gasteiger partial charge >= 0.3 is 5.97 Å². The molecule has 0 aromatic rings. The van der Waals surface area contributed by atoms with Gasteiger partial charge in [-0.1, -0.05) is 6.92 Å². The van der Waals surface area contributed by atoms with Crippen LogP contribution < -0.4 is 10.6 Å². The third-order valence-electron chi connectivity index (χ3n) is 6.40. The minimum atomic E-state index is -1.04. The number of carbonyl (C=O) groups excluding carboxylic acids is 1. The molecule has 4 heterocycles. The molecule has 0 unspecified atom stereocenters. The van der Waals surface area contributed by atoms with Crippen molar-refractivity contribution in [2.45, 2.75) is 50.1 Å². The van der Waals surface area contributed by atoms with Gasteiger partial charge in [-0.3, -0.25) is 4.79 Å². The highest BCUT2D eigenvalue weighted by atomic mass is 35.5. The van der Waals surface area contributed by atoms with Gasteiger partial charge in [0.15, 0.2) is 0 Å². The average Bonchev–Trinajstić information content (AvgIpc) is 3.28. The van der Waals surface area contributed by atoms with Gasteiger partial charge in [-0.2, -0.15) is 0 Å². The Morgan fingerprint density at radius 2 is 2.11 bits per heavy atom. The highest BCUT2D eigenvalue weighted by Crippen LogP contribution is 2.52. The van der Waals surface area contributed by atoms with E-state index < -0.39 is 18.0 Å². The SMILES string of the molecule is C[C@@H](O)[C@H]1C(=O)N2C(C(=O)O)=C(S[C@@H]3CN[C@H]([C@H]4CCNC4)C3)[C@H](C)[C@H]12.Cl. The van der Waals surface area contributed by atoms with Gasteiger partial charge in [-0.25, -0.2) is 4.79 Å². The van der Waals surface area contributed by atoms with Gasteiger partial charge in [-0.05, 0) is 38.8 Å². The Morgan fingerprint density at radius 3 is 2.70 bits per heavy atom. The molecule has 0 aromatic carbocycles. The number of nitrogens with one attached hydrogen (secondary N) is 2. The number of rotatable bonds is 5. The largest absolute Gasteiger partial charge is 0.477 e. The first kappa shape index (κ1) is 20.9. The Hall–Kier alpha value is -0.800. The number of hydrogen-bond donors (Lipinski definition) is 4. The number of amides is 1. The standard InChI is InChI=1S/C18H27N3O4S.ClH/c1-8-14-13(9(2)22)17(23)21(14)15(18(24)25)16(8)26-11-5-12(20-7-11)10-3-4-19-6-10;/h8-14,19-20,22H,3-7H2,1-2H3,(H,24,25);1H/t8-,9-,10+,11+,12+,13-,14-;/m1./s1. The van der Waals surface area contributed by atoms with E-state index in [1.54, 1.807) is 18.7 Å². The fourth-order valence-corrected chi connectivity index (χ4v) is 6.55. The van der Waals surface area contributed by atoms with Crippen LogP contribution in [0.2, 0.25) is 0 Å². The first-order valence-electron chi connectivity index (χ1n) is 9.49. The van der Waals surface area contributed by atoms with Crippen LogP contribution >= 0.6 is 24.2 Å². The van der Waals surface area contributed by atoms with Crippen LogP contribution in [0.4, 0.5) is 0 Å². The molecule has 4 N–H and O–H groups in total. The molecule has 0 radical (unpaired) electrons. The lowest BCUT2D eigenvalue weighted by molar-refractivity contribution is -0.163. The van der Waals surface area contributed by atoms with Crippen LogP contribution in [0.25, 0.3) is 0 Å². The molecule has 7 atom stereocenters. The van der Waals surface area contributed by atoms with Crippen molar-refractivity contribution in [1.82, 2.24) is 15.5 Å². The molecule has 9 heteroatoms. The third kappa shape index (κ3) is 3.40. The van der Waals surface area contributed by atoms with Gasteiger partial charge < -0.3 is 25.7 Å². The zero-order valence-corrected chi connectivity index (χ0v) is 17.2. The lowest BCUT2D eigenvalue weighted by atomic mass is 9.79. The van der Waals surface area contributed by atoms with Gasteiger partial charge in [0.25, 0.3) is 0 Å². The predicted molar refractivity (Wildman–Crippen MR) is 106 cm³/mol. The normalized spacial score (nSPS) is 39.2. The fourth-order valence-electron chi connectivity index (χ4n) is 5.06. The lowest BCUT2D eigenvalue weighted by Gasteiger charge is -2.46. The van der Waals surface area contributed by atoms with Crippen molar-refractivity contribution >= 4 is 36.0 Å². The Balaban J connectivity index is 0.00000210. The first-order valence-corrected chi connectivity index (χ1v) is 10.4. The van der Waals surface area contributed by atoms with E-state index in [0.29, 0.717) is 17.2 Å². The zero-order chi connectivity index (χ0) is 18.6. The molecule has 0 spiro atoms. The second-order valence-corrected chi connectivity index (χ2v) is 9.36. The van der Waals surface area contributed by atoms with Crippen LogP contribution in [0.1, 0.15) is 26.7 Å². The number of β-lactam (4-membered cyclic amide) rings is 1. The summed E-state index contributed by atoms with van der Waals surface area (Å²) in [6, 6.07) is 0.261. The van der Waals surface area contributed by atoms with Gasteiger partial charge in [0.05, 0.1) is 18.1 Å². The van der Waals surface area contributed by atoms with Gasteiger partial charge in [0.1, 0.15) is 5.70 Å². The van der Waals surface area contributed by atoms with Crippen molar-refractivity contribution in [3.63, 3.8) is 0 Å². The molecule has 27 heavy (non-hydrogen) atoms. The molecule has 1 amide bonds. The summed E-state index contributed by atoms with van der Waals surface area (Å²) in [6.07, 6.45) is 1.46. The molecule has 4 rings (SSSR count). The summed E-state index contributed by atoms with van der Waals surface area (Å²) in [5.74, 6) is -1.19. The highest BCUT2D eigenvalue weighted by molar-refractivity contribution is 8.03. The first-order chi connectivity index (χ1) is 12.4. The molecular formula is C18H28ClN3O4S. The van der Waals surface area contributed by atoms with Crippen LogP contribution in [-0.4, -0.2) is 70.1 Å². The Morgan fingerprint density at radius 1 is 1.37 bits per heavy atom. The maximum absolute atomic E-state index is 12.4. The van der Waals surface area contributed by atoms with Gasteiger partial charge in [-0.15, -0.1) is 24.2 Å². The Labute approximate surface area is 169 Å². The summed E-state index contributed by atoms with van der Waals surface area (Å²) >= 11 is 1.63. The summed E-state index contributed by atoms with van der Waals surface area (Å²) in [7, 11) is 0. The van der Waals surface area contributed by atoms with Crippen LogP contribution in [0, 0.1) is 17.8 Å². The summed E-state index contributed by atoms with van der Waals surface area (Å²) < 4.78 is 0. The Bertz CT molecular complexity index is 653. The number of hydrogen-bond acceptors (Lipinski definition) is 6. The molecule has 152 valence electrons. The van der Waals surface area contributed by atoms with Gasteiger partial charge in [0.2, 0.25) is 5.91 Å². The second kappa shape index (κ2) is 7.91. The number of carboxylic acids is 1. The number of nitrogens with zero attached hydrogens (tertiary/aromatic N) is 1. The van der Waals surface area contributed by atoms with E-state index in [-0.39, 0.29) is 36.0 Å². The topological polar surface area (TPSA) is 102 Å². The predicted octanol–water partition coefficient (Wildman–Crippen LogP) is 0.635. The maximum Gasteiger partial charge on any atom is 0.353 e. The van der Waals surface area contributed by atoms with Crippen LogP contribution in [-0.2, 0) is 9.59 Å². The number of halogens is 1. The molecular weight excluding hydrogens is 390 g/mol. The Kier molecular flexibility index (Phi) is 6.13. The van der Waals surface area contributed by atoms with Crippen molar-refractivity contribution < 1.29 is 19.8 Å². The van der Waals surface area contributed by atoms with Crippen LogP contribution in [0.5, 0.6) is 0 Å². The van der Waals surface area contributed by atoms with E-state index in [9.17, 15) is 19.8 Å². The number of thioether (sulfide) groups is 1. The van der Waals surface area contributed by atoms with E-state index in [4.69, 9.17) is 0 Å². The number of aliphatic carboxylic acids is 1. The number of carbonyl (C=O) groups is 2. The van der Waals surface area contributed by atoms with Crippen molar-refractivity contribution in [1.29, 1.82) is 0 Å². The number of aliphatic hydroxyl groups excluding tert-OH is 1. The molecule has 0 saturated carbocycles. The minimum Gasteiger partial charge on any atom is -0.477 e. The van der Waals surface area contributed by atoms with E-state index in [0.717, 1.165) is 31.0 Å². The minimum absolute atomic E-state index is 0. The number of fused-ring (bicyclic) bond motifs is 1. The molecule has 0 aliphatic carbocycles. The molecule has 3 fully saturated rings. The smallest absolute Gasteiger partial charge is 0.353 e. The molecule has 7 nitrogen and oxygen atoms in total. The summed E-state index contributed by atoms with van der Waals surface area (Å²) in [4.78, 5) is 26.5. The van der Waals surface area contributed by atoms with E-state index in [2.05, 4.69) is 10.6 Å². The van der Waals surface area contributed by atoms with E-state index in [1.165, 1.54) is 11.3 Å². The quantitative estimate of drug-likeness (QED) is 0.487. The lowest BCUT2D eigenvalue weighted by Crippen LogP contribution is -2.63. The molecule has 3 saturated heterocycles. The highest BCUT2D eigenvalue weighted by Gasteiger charge is 2.60. The summed E-state index contributed by atoms with van der Waals surface area (Å²) in [5.41, 5.74) is 0.139. The average molecular weight is 418 g/mol. The summed E-state index contributed by atoms with van der Waals surface area (Å²) in [6.45, 7) is 6.59. The molecule has 0 bridgehead atoms. The zero-order valence-electron chi connectivity index (χ0n) is 15.6. The molecule has 4 aliphatic rings. The summed E-state index contributed by atoms with van der Waals surface area (Å²) in [5, 5.41) is 27.0. The van der Waals surface area contributed by atoms with Crippen LogP contribution in [0.3, 0.4) is 0 Å². The van der Waals surface area contributed by atoms with Crippen molar-refractivity contribution in [3.05, 3.63) is 10.6 Å². The van der Waals surface area contributed by atoms with Crippen molar-refractivity contribution in [2.24, 2.45) is 17.8 Å². The molecule has 0 aromatic heterocycles. The van der Waals surface area contributed by atoms with Crippen molar-refractivity contribution in [2.75, 3.05) is 19.6 Å². The third-order valence-corrected chi connectivity index (χ3v) is 7.91. The maximum atomic E-state index is 12.4. The van der Waals surface area contributed by atoms with E-state index >= 15 is 0 Å². The van der Waals surface area contributed by atoms with Gasteiger partial charge in [0, 0.05) is 28.7 Å². The molecule has 4 aliphatic heterocycles. The fraction of sp³-hybridized carbons (Fsp3) is 0.778. The monoisotopic (exact) mass is 417 g/mol. The van der Waals surface area contributed by atoms with Crippen molar-refractivity contribution in [3.8, 4) is 0 Å². The second-order valence-electron chi connectivity index (χ2n) is 8.02. The van der Waals surface area contributed by atoms with E-state index in [1.807, 2.05) is 6.92 Å². The number of aliphatic hydroxyl groups is 1. The van der Waals surface area contributed by atoms with Crippen LogP contribution in [0.15, 0.2) is 10.6 Å². The number of carboxylic acid groups (broad SMARTS) is 1.